The summed E-state index contributed by atoms with van der Waals surface area (Å²) in [5.74, 6) is -0.779. The Morgan fingerprint density at radius 1 is 1.25 bits per heavy atom. The van der Waals surface area contributed by atoms with Crippen LogP contribution in [0, 0.1) is 18.3 Å². The van der Waals surface area contributed by atoms with Crippen molar-refractivity contribution in [2.24, 2.45) is 0 Å². The van der Waals surface area contributed by atoms with Crippen molar-refractivity contribution in [3.8, 4) is 12.0 Å². The van der Waals surface area contributed by atoms with Gasteiger partial charge in [-0.3, -0.25) is 9.36 Å². The number of nitrogens with one attached hydrogen (secondary N) is 1. The molecule has 0 saturated heterocycles. The van der Waals surface area contributed by atoms with E-state index in [1.807, 2.05) is 24.5 Å². The summed E-state index contributed by atoms with van der Waals surface area (Å²) in [5, 5.41) is 12.2. The molecule has 0 bridgehead atoms. The van der Waals surface area contributed by atoms with Gasteiger partial charge in [0, 0.05) is 17.3 Å². The molecular formula is C20H17N3O4S. The molecule has 0 spiro atoms. The topological polar surface area (TPSA) is 97.3 Å². The molecule has 2 aromatic heterocycles. The lowest BCUT2D eigenvalue weighted by atomic mass is 10.1. The Kier molecular flexibility index (Phi) is 5.87. The van der Waals surface area contributed by atoms with Crippen LogP contribution in [-0.4, -0.2) is 29.3 Å². The standard InChI is InChI=1S/C20H17N3O4S/c1-13-18(14(11-21)19(27-13)23-9-5-6-10-23)20(25)26-12-17(24)22-15-7-3-4-8-16(15)28-2/h3-10H,12H2,1-2H3,(H,22,24). The molecule has 1 amide bonds. The smallest absolute Gasteiger partial charge is 0.343 e. The van der Waals surface area contributed by atoms with Crippen molar-refractivity contribution in [3.05, 3.63) is 65.7 Å². The molecule has 0 atom stereocenters. The predicted octanol–water partition coefficient (Wildman–Crippen LogP) is 3.77. The molecule has 2 heterocycles. The van der Waals surface area contributed by atoms with Gasteiger partial charge < -0.3 is 14.5 Å². The minimum atomic E-state index is -0.787. The van der Waals surface area contributed by atoms with Crippen molar-refractivity contribution in [3.63, 3.8) is 0 Å². The van der Waals surface area contributed by atoms with Gasteiger partial charge in [-0.2, -0.15) is 5.26 Å². The lowest BCUT2D eigenvalue weighted by Gasteiger charge is -2.09. The highest BCUT2D eigenvalue weighted by atomic mass is 32.2. The van der Waals surface area contributed by atoms with E-state index in [0.29, 0.717) is 5.69 Å². The second-order valence-electron chi connectivity index (χ2n) is 5.74. The molecule has 3 aromatic rings. The summed E-state index contributed by atoms with van der Waals surface area (Å²) < 4.78 is 12.3. The van der Waals surface area contributed by atoms with Crippen LogP contribution < -0.4 is 5.32 Å². The van der Waals surface area contributed by atoms with Crippen LogP contribution >= 0.6 is 11.8 Å². The third-order valence-electron chi connectivity index (χ3n) is 3.94. The van der Waals surface area contributed by atoms with Crippen LogP contribution in [-0.2, 0) is 9.53 Å². The lowest BCUT2D eigenvalue weighted by molar-refractivity contribution is -0.119. The predicted molar refractivity (Wildman–Crippen MR) is 105 cm³/mol. The Balaban J connectivity index is 1.72. The number of ether oxygens (including phenoxy) is 1. The first kappa shape index (κ1) is 19.3. The number of hydrogen-bond acceptors (Lipinski definition) is 6. The highest BCUT2D eigenvalue weighted by molar-refractivity contribution is 7.98. The molecule has 0 aliphatic rings. The number of esters is 1. The normalized spacial score (nSPS) is 10.3. The molecule has 28 heavy (non-hydrogen) atoms. The van der Waals surface area contributed by atoms with E-state index in [-0.39, 0.29) is 22.8 Å². The number of carbonyl (C=O) groups is 2. The van der Waals surface area contributed by atoms with E-state index >= 15 is 0 Å². The molecular weight excluding hydrogens is 378 g/mol. The summed E-state index contributed by atoms with van der Waals surface area (Å²) in [6, 6.07) is 12.8. The molecule has 0 saturated carbocycles. The van der Waals surface area contributed by atoms with Crippen molar-refractivity contribution in [1.29, 1.82) is 5.26 Å². The Hall–Kier alpha value is -3.44. The SMILES string of the molecule is CSc1ccccc1NC(=O)COC(=O)c1c(C)oc(-n2cccc2)c1C#N. The minimum Gasteiger partial charge on any atom is -0.452 e. The van der Waals surface area contributed by atoms with E-state index in [4.69, 9.17) is 9.15 Å². The maximum absolute atomic E-state index is 12.5. The van der Waals surface area contributed by atoms with E-state index in [0.717, 1.165) is 4.90 Å². The molecule has 0 unspecified atom stereocenters. The summed E-state index contributed by atoms with van der Waals surface area (Å²) >= 11 is 1.49. The number of hydrogen-bond donors (Lipinski definition) is 1. The number of rotatable bonds is 6. The van der Waals surface area contributed by atoms with E-state index < -0.39 is 18.5 Å². The van der Waals surface area contributed by atoms with Crippen LogP contribution in [0.3, 0.4) is 0 Å². The molecule has 142 valence electrons. The van der Waals surface area contributed by atoms with Gasteiger partial charge in [0.2, 0.25) is 5.88 Å². The molecule has 1 aromatic carbocycles. The van der Waals surface area contributed by atoms with Crippen LogP contribution in [0.15, 0.2) is 58.1 Å². The van der Waals surface area contributed by atoms with E-state index in [9.17, 15) is 14.9 Å². The van der Waals surface area contributed by atoms with Gasteiger partial charge >= 0.3 is 5.97 Å². The number of furan rings is 1. The number of anilines is 1. The van der Waals surface area contributed by atoms with Gasteiger partial charge in [-0.05, 0) is 37.4 Å². The third-order valence-corrected chi connectivity index (χ3v) is 4.73. The van der Waals surface area contributed by atoms with Crippen molar-refractivity contribution in [2.45, 2.75) is 11.8 Å². The molecule has 0 aliphatic carbocycles. The summed E-state index contributed by atoms with van der Waals surface area (Å²) in [7, 11) is 0. The molecule has 3 rings (SSSR count). The highest BCUT2D eigenvalue weighted by Crippen LogP contribution is 2.26. The number of benzene rings is 1. The van der Waals surface area contributed by atoms with Gasteiger partial charge in [0.05, 0.1) is 5.69 Å². The van der Waals surface area contributed by atoms with Crippen LogP contribution in [0.1, 0.15) is 21.7 Å². The number of nitriles is 1. The molecule has 7 nitrogen and oxygen atoms in total. The summed E-state index contributed by atoms with van der Waals surface area (Å²) in [4.78, 5) is 25.5. The second-order valence-corrected chi connectivity index (χ2v) is 6.59. The molecule has 0 fully saturated rings. The average molecular weight is 395 g/mol. The molecule has 0 radical (unpaired) electrons. The zero-order valence-electron chi connectivity index (χ0n) is 15.3. The first-order chi connectivity index (χ1) is 13.5. The number of amides is 1. The van der Waals surface area contributed by atoms with Crippen LogP contribution in [0.4, 0.5) is 5.69 Å². The van der Waals surface area contributed by atoms with Crippen molar-refractivity contribution in [1.82, 2.24) is 4.57 Å². The number of para-hydroxylation sites is 1. The fraction of sp³-hybridized carbons (Fsp3) is 0.150. The monoisotopic (exact) mass is 395 g/mol. The first-order valence-electron chi connectivity index (χ1n) is 8.32. The summed E-state index contributed by atoms with van der Waals surface area (Å²) in [6.45, 7) is 1.09. The first-order valence-corrected chi connectivity index (χ1v) is 9.54. The zero-order chi connectivity index (χ0) is 20.1. The number of carbonyl (C=O) groups excluding carboxylic acids is 2. The Morgan fingerprint density at radius 3 is 2.64 bits per heavy atom. The maximum atomic E-state index is 12.5. The van der Waals surface area contributed by atoms with Crippen molar-refractivity contribution in [2.75, 3.05) is 18.2 Å². The Morgan fingerprint density at radius 2 is 1.96 bits per heavy atom. The summed E-state index contributed by atoms with van der Waals surface area (Å²) in [6.07, 6.45) is 5.30. The van der Waals surface area contributed by atoms with Crippen molar-refractivity contribution < 1.29 is 18.7 Å². The second kappa shape index (κ2) is 8.50. The lowest BCUT2D eigenvalue weighted by Crippen LogP contribution is -2.21. The quantitative estimate of drug-likeness (QED) is 0.504. The number of aromatic nitrogens is 1. The van der Waals surface area contributed by atoms with E-state index in [1.165, 1.54) is 11.8 Å². The van der Waals surface area contributed by atoms with Gasteiger partial charge in [-0.1, -0.05) is 12.1 Å². The Labute approximate surface area is 165 Å². The van der Waals surface area contributed by atoms with Crippen LogP contribution in [0.5, 0.6) is 0 Å². The Bertz CT molecular complexity index is 1050. The van der Waals surface area contributed by atoms with E-state index in [1.54, 1.807) is 48.1 Å². The largest absolute Gasteiger partial charge is 0.452 e. The van der Waals surface area contributed by atoms with Crippen LogP contribution in [0.25, 0.3) is 5.88 Å². The van der Waals surface area contributed by atoms with Gasteiger partial charge in [0.1, 0.15) is 23.0 Å². The average Bonchev–Trinajstić information content (AvgIpc) is 3.33. The van der Waals surface area contributed by atoms with Gasteiger partial charge in [-0.15, -0.1) is 11.8 Å². The fourth-order valence-corrected chi connectivity index (χ4v) is 3.22. The number of thioether (sulfide) groups is 1. The van der Waals surface area contributed by atoms with Gasteiger partial charge in [0.15, 0.2) is 6.61 Å². The number of nitrogens with zero attached hydrogens (tertiary/aromatic N) is 2. The molecule has 0 aliphatic heterocycles. The summed E-state index contributed by atoms with van der Waals surface area (Å²) in [5.41, 5.74) is 0.721. The zero-order valence-corrected chi connectivity index (χ0v) is 16.1. The van der Waals surface area contributed by atoms with Crippen LogP contribution in [0.2, 0.25) is 0 Å². The fourth-order valence-electron chi connectivity index (χ4n) is 2.67. The maximum Gasteiger partial charge on any atom is 0.343 e. The molecule has 8 heteroatoms. The third kappa shape index (κ3) is 3.94. The van der Waals surface area contributed by atoms with E-state index in [2.05, 4.69) is 5.32 Å². The molecule has 1 N–H and O–H groups in total. The number of aryl methyl sites for hydroxylation is 1. The van der Waals surface area contributed by atoms with Gasteiger partial charge in [-0.25, -0.2) is 4.79 Å². The minimum absolute atomic E-state index is 0.0171. The van der Waals surface area contributed by atoms with Crippen molar-refractivity contribution >= 4 is 29.3 Å². The van der Waals surface area contributed by atoms with Gasteiger partial charge in [0.25, 0.3) is 5.91 Å². The highest BCUT2D eigenvalue weighted by Gasteiger charge is 2.26.